The van der Waals surface area contributed by atoms with Gasteiger partial charge >= 0.3 is 0 Å². The molecule has 0 saturated heterocycles. The summed E-state index contributed by atoms with van der Waals surface area (Å²) in [5.41, 5.74) is 11.0. The average Bonchev–Trinajstić information content (AvgIpc) is 2.25. The number of rotatable bonds is 7. The Bertz CT molecular complexity index is 496. The van der Waals surface area contributed by atoms with Crippen LogP contribution < -0.4 is 16.2 Å². The number of anilines is 1. The first-order valence-electron chi connectivity index (χ1n) is 5.36. The van der Waals surface area contributed by atoms with Gasteiger partial charge in [-0.1, -0.05) is 0 Å². The van der Waals surface area contributed by atoms with Crippen LogP contribution >= 0.6 is 0 Å². The monoisotopic (exact) mass is 272 g/mol. The van der Waals surface area contributed by atoms with Crippen molar-refractivity contribution in [2.24, 2.45) is 5.73 Å². The molecule has 4 N–H and O–H groups in total. The molecule has 0 aliphatic heterocycles. The summed E-state index contributed by atoms with van der Waals surface area (Å²) in [5.74, 6) is -0.953. The minimum absolute atomic E-state index is 0.120. The van der Waals surface area contributed by atoms with Gasteiger partial charge < -0.3 is 16.2 Å². The summed E-state index contributed by atoms with van der Waals surface area (Å²) >= 11 is 0. The van der Waals surface area contributed by atoms with Crippen LogP contribution in [0.25, 0.3) is 0 Å². The van der Waals surface area contributed by atoms with Gasteiger partial charge in [-0.25, -0.2) is 8.42 Å². The third-order valence-corrected chi connectivity index (χ3v) is 3.75. The van der Waals surface area contributed by atoms with Gasteiger partial charge in [-0.15, -0.1) is 0 Å². The van der Waals surface area contributed by atoms with E-state index in [1.165, 1.54) is 0 Å². The molecule has 0 radical (unpaired) electrons. The fraction of sp³-hybridized carbons (Fsp3) is 0.364. The normalized spacial score (nSPS) is 11.1. The number of ether oxygens (including phenoxy) is 1. The highest BCUT2D eigenvalue weighted by molar-refractivity contribution is 7.92. The average molecular weight is 272 g/mol. The topological polar surface area (TPSA) is 112 Å². The van der Waals surface area contributed by atoms with Crippen LogP contribution in [0.4, 0.5) is 5.69 Å². The van der Waals surface area contributed by atoms with Crippen molar-refractivity contribution in [3.63, 3.8) is 0 Å². The van der Waals surface area contributed by atoms with E-state index in [4.69, 9.17) is 16.2 Å². The number of carbonyl (C=O) groups is 1. The van der Waals surface area contributed by atoms with E-state index in [0.717, 1.165) is 0 Å². The Labute approximate surface area is 106 Å². The van der Waals surface area contributed by atoms with Gasteiger partial charge in [-0.2, -0.15) is 0 Å². The van der Waals surface area contributed by atoms with Gasteiger partial charge in [-0.05, 0) is 30.7 Å². The molecule has 18 heavy (non-hydrogen) atoms. The Morgan fingerprint density at radius 3 is 2.39 bits per heavy atom. The van der Waals surface area contributed by atoms with E-state index in [0.29, 0.717) is 17.9 Å². The molecule has 0 aliphatic rings. The third kappa shape index (κ3) is 5.53. The Morgan fingerprint density at radius 1 is 1.22 bits per heavy atom. The van der Waals surface area contributed by atoms with Crippen molar-refractivity contribution in [1.82, 2.24) is 0 Å². The predicted octanol–water partition coefficient (Wildman–Crippen LogP) is -0.0622. The number of primary amides is 1. The lowest BCUT2D eigenvalue weighted by atomic mass is 10.3. The van der Waals surface area contributed by atoms with Gasteiger partial charge in [-0.3, -0.25) is 4.79 Å². The van der Waals surface area contributed by atoms with E-state index in [1.807, 2.05) is 0 Å². The van der Waals surface area contributed by atoms with Crippen LogP contribution in [0.15, 0.2) is 24.3 Å². The molecule has 0 unspecified atom stereocenters. The SMILES string of the molecule is NC(=O)CS(=O)(=O)CCCOc1ccc(N)cc1. The van der Waals surface area contributed by atoms with Crippen molar-refractivity contribution < 1.29 is 17.9 Å². The van der Waals surface area contributed by atoms with Crippen molar-refractivity contribution in [2.45, 2.75) is 6.42 Å². The van der Waals surface area contributed by atoms with Crippen LogP contribution in [0.3, 0.4) is 0 Å². The van der Waals surface area contributed by atoms with Gasteiger partial charge in [0.25, 0.3) is 0 Å². The zero-order valence-corrected chi connectivity index (χ0v) is 10.7. The summed E-state index contributed by atoms with van der Waals surface area (Å²) in [7, 11) is -3.42. The molecule has 0 fully saturated rings. The van der Waals surface area contributed by atoms with Crippen molar-refractivity contribution in [2.75, 3.05) is 23.8 Å². The predicted molar refractivity (Wildman–Crippen MR) is 68.8 cm³/mol. The zero-order valence-electron chi connectivity index (χ0n) is 9.83. The second-order valence-electron chi connectivity index (χ2n) is 3.83. The van der Waals surface area contributed by atoms with E-state index in [1.54, 1.807) is 24.3 Å². The molecule has 1 aromatic rings. The number of nitrogen functional groups attached to an aromatic ring is 1. The second-order valence-corrected chi connectivity index (χ2v) is 6.01. The van der Waals surface area contributed by atoms with Crippen LogP contribution in [-0.2, 0) is 14.6 Å². The first-order chi connectivity index (χ1) is 8.39. The van der Waals surface area contributed by atoms with E-state index in [2.05, 4.69) is 0 Å². The number of hydrogen-bond acceptors (Lipinski definition) is 5. The first kappa shape index (κ1) is 14.3. The van der Waals surface area contributed by atoms with Crippen molar-refractivity contribution >= 4 is 21.4 Å². The molecular weight excluding hydrogens is 256 g/mol. The largest absolute Gasteiger partial charge is 0.494 e. The maximum absolute atomic E-state index is 11.3. The molecule has 1 amide bonds. The van der Waals surface area contributed by atoms with E-state index >= 15 is 0 Å². The summed E-state index contributed by atoms with van der Waals surface area (Å²) in [6, 6.07) is 6.79. The standard InChI is InChI=1S/C11H16N2O4S/c12-9-2-4-10(5-3-9)17-6-1-7-18(15,16)8-11(13)14/h2-5H,1,6-8,12H2,(H2,13,14). The molecule has 0 spiro atoms. The highest BCUT2D eigenvalue weighted by Gasteiger charge is 2.13. The van der Waals surface area contributed by atoms with Gasteiger partial charge in [0, 0.05) is 5.69 Å². The summed E-state index contributed by atoms with van der Waals surface area (Å²) in [6.07, 6.45) is 0.306. The number of amides is 1. The van der Waals surface area contributed by atoms with Gasteiger partial charge in [0.15, 0.2) is 9.84 Å². The minimum Gasteiger partial charge on any atom is -0.494 e. The minimum atomic E-state index is -3.42. The molecule has 0 aromatic heterocycles. The number of hydrogen-bond donors (Lipinski definition) is 2. The second kappa shape index (κ2) is 6.25. The van der Waals surface area contributed by atoms with E-state index in [-0.39, 0.29) is 12.4 Å². The van der Waals surface area contributed by atoms with Crippen molar-refractivity contribution in [1.29, 1.82) is 0 Å². The Balaban J connectivity index is 2.31. The number of sulfone groups is 1. The number of carbonyl (C=O) groups excluding carboxylic acids is 1. The highest BCUT2D eigenvalue weighted by Crippen LogP contribution is 2.13. The molecule has 0 aliphatic carbocycles. The molecule has 1 rings (SSSR count). The van der Waals surface area contributed by atoms with Crippen LogP contribution in [-0.4, -0.2) is 32.4 Å². The van der Waals surface area contributed by atoms with Gasteiger partial charge in [0.1, 0.15) is 11.5 Å². The van der Waals surface area contributed by atoms with Gasteiger partial charge in [0.2, 0.25) is 5.91 Å². The lowest BCUT2D eigenvalue weighted by Crippen LogP contribution is -2.25. The Hall–Kier alpha value is -1.76. The first-order valence-corrected chi connectivity index (χ1v) is 7.18. The molecule has 0 saturated carbocycles. The summed E-state index contributed by atoms with van der Waals surface area (Å²) < 4.78 is 28.0. The molecule has 0 bridgehead atoms. The lowest BCUT2D eigenvalue weighted by molar-refractivity contribution is -0.115. The molecular formula is C11H16N2O4S. The van der Waals surface area contributed by atoms with Crippen molar-refractivity contribution in [3.8, 4) is 5.75 Å². The highest BCUT2D eigenvalue weighted by atomic mass is 32.2. The van der Waals surface area contributed by atoms with Gasteiger partial charge in [0.05, 0.1) is 12.4 Å². The summed E-state index contributed by atoms with van der Waals surface area (Å²) in [5, 5.41) is 0. The molecule has 7 heteroatoms. The Morgan fingerprint density at radius 2 is 1.83 bits per heavy atom. The summed E-state index contributed by atoms with van der Waals surface area (Å²) in [6.45, 7) is 0.252. The third-order valence-electron chi connectivity index (χ3n) is 2.11. The van der Waals surface area contributed by atoms with Crippen LogP contribution in [0, 0.1) is 0 Å². The van der Waals surface area contributed by atoms with Crippen molar-refractivity contribution in [3.05, 3.63) is 24.3 Å². The molecule has 0 atom stereocenters. The van der Waals surface area contributed by atoms with E-state index in [9.17, 15) is 13.2 Å². The lowest BCUT2D eigenvalue weighted by Gasteiger charge is -2.06. The zero-order chi connectivity index (χ0) is 13.6. The molecule has 6 nitrogen and oxygen atoms in total. The molecule has 0 heterocycles. The quantitative estimate of drug-likeness (QED) is 0.533. The molecule has 1 aromatic carbocycles. The van der Waals surface area contributed by atoms with Crippen LogP contribution in [0.5, 0.6) is 5.75 Å². The maximum atomic E-state index is 11.3. The Kier molecular flexibility index (Phi) is 4.96. The van der Waals surface area contributed by atoms with E-state index < -0.39 is 21.5 Å². The maximum Gasteiger partial charge on any atom is 0.232 e. The smallest absolute Gasteiger partial charge is 0.232 e. The van der Waals surface area contributed by atoms with Crippen LogP contribution in [0.1, 0.15) is 6.42 Å². The fourth-order valence-electron chi connectivity index (χ4n) is 1.32. The summed E-state index contributed by atoms with van der Waals surface area (Å²) in [4.78, 5) is 10.5. The number of benzene rings is 1. The van der Waals surface area contributed by atoms with Crippen LogP contribution in [0.2, 0.25) is 0 Å². The number of nitrogens with two attached hydrogens (primary N) is 2. The fourth-order valence-corrected chi connectivity index (χ4v) is 2.46. The molecule has 100 valence electrons.